The van der Waals surface area contributed by atoms with E-state index in [-0.39, 0.29) is 11.6 Å². The molecule has 4 rings (SSSR count). The summed E-state index contributed by atoms with van der Waals surface area (Å²) in [4.78, 5) is 1.41. The van der Waals surface area contributed by atoms with Crippen LogP contribution in [0.15, 0.2) is 34.0 Å². The van der Waals surface area contributed by atoms with Crippen molar-refractivity contribution in [3.63, 3.8) is 0 Å². The van der Waals surface area contributed by atoms with E-state index in [1.165, 1.54) is 16.0 Å². The Kier molecular flexibility index (Phi) is 3.85. The molecule has 1 aromatic rings. The summed E-state index contributed by atoms with van der Waals surface area (Å²) in [5.74, 6) is 0.865. The molecule has 1 saturated heterocycles. The van der Waals surface area contributed by atoms with Gasteiger partial charge in [-0.3, -0.25) is 5.10 Å². The molecule has 2 N–H and O–H groups in total. The largest absolute Gasteiger partial charge is 0.369 e. The van der Waals surface area contributed by atoms with Gasteiger partial charge < -0.3 is 10.1 Å². The van der Waals surface area contributed by atoms with E-state index in [2.05, 4.69) is 28.5 Å². The third-order valence-electron chi connectivity index (χ3n) is 4.72. The summed E-state index contributed by atoms with van der Waals surface area (Å²) in [7, 11) is 0. The molecule has 3 aliphatic rings. The summed E-state index contributed by atoms with van der Waals surface area (Å²) in [5.41, 5.74) is 2.42. The number of aromatic amines is 1. The SMILES string of the molecule is C[C@H]1C[C@@]2(C[C@@H](c3cn[nH]c3)N1)OCCC1=C2SCC(Cl)=C1. The molecule has 118 valence electrons. The van der Waals surface area contributed by atoms with Gasteiger partial charge in [-0.25, -0.2) is 0 Å². The molecule has 4 nitrogen and oxygen atoms in total. The zero-order valence-electron chi connectivity index (χ0n) is 12.6. The number of hydrogen-bond donors (Lipinski definition) is 2. The molecule has 0 unspecified atom stereocenters. The van der Waals surface area contributed by atoms with E-state index in [9.17, 15) is 0 Å². The maximum atomic E-state index is 6.39. The number of rotatable bonds is 1. The van der Waals surface area contributed by atoms with Crippen molar-refractivity contribution in [3.05, 3.63) is 39.5 Å². The summed E-state index contributed by atoms with van der Waals surface area (Å²) in [5, 5.41) is 11.7. The van der Waals surface area contributed by atoms with Crippen LogP contribution < -0.4 is 5.32 Å². The number of hydrogen-bond acceptors (Lipinski definition) is 4. The topological polar surface area (TPSA) is 49.9 Å². The molecule has 1 fully saturated rings. The van der Waals surface area contributed by atoms with E-state index in [1.54, 1.807) is 0 Å². The zero-order chi connectivity index (χ0) is 15.2. The van der Waals surface area contributed by atoms with Crippen LogP contribution in [0.3, 0.4) is 0 Å². The number of nitrogens with zero attached hydrogens (tertiary/aromatic N) is 1. The first kappa shape index (κ1) is 14.8. The molecule has 0 aromatic carbocycles. The number of fused-ring (bicyclic) bond motifs is 1. The van der Waals surface area contributed by atoms with E-state index in [1.807, 2.05) is 24.2 Å². The molecule has 3 aliphatic heterocycles. The van der Waals surface area contributed by atoms with E-state index in [0.717, 1.165) is 36.7 Å². The molecule has 4 heterocycles. The van der Waals surface area contributed by atoms with E-state index in [4.69, 9.17) is 16.3 Å². The molecule has 3 atom stereocenters. The minimum Gasteiger partial charge on any atom is -0.369 e. The number of ether oxygens (including phenoxy) is 1. The van der Waals surface area contributed by atoms with Crippen molar-refractivity contribution < 1.29 is 4.74 Å². The highest BCUT2D eigenvalue weighted by Gasteiger charge is 2.46. The lowest BCUT2D eigenvalue weighted by atomic mass is 9.79. The van der Waals surface area contributed by atoms with Crippen LogP contribution in [0.1, 0.15) is 37.8 Å². The molecule has 0 bridgehead atoms. The van der Waals surface area contributed by atoms with Gasteiger partial charge in [0.1, 0.15) is 5.60 Å². The third-order valence-corrected chi connectivity index (χ3v) is 6.50. The summed E-state index contributed by atoms with van der Waals surface area (Å²) >= 11 is 8.11. The predicted octanol–water partition coefficient (Wildman–Crippen LogP) is 3.51. The smallest absolute Gasteiger partial charge is 0.102 e. The van der Waals surface area contributed by atoms with E-state index in [0.29, 0.717) is 6.04 Å². The van der Waals surface area contributed by atoms with Crippen molar-refractivity contribution in [2.75, 3.05) is 12.4 Å². The summed E-state index contributed by atoms with van der Waals surface area (Å²) in [6.45, 7) is 3.02. The Morgan fingerprint density at radius 2 is 2.36 bits per heavy atom. The van der Waals surface area contributed by atoms with Crippen molar-refractivity contribution in [1.82, 2.24) is 15.5 Å². The van der Waals surface area contributed by atoms with Crippen molar-refractivity contribution in [3.8, 4) is 0 Å². The molecular formula is C16H20ClN3OS. The van der Waals surface area contributed by atoms with Gasteiger partial charge in [0.25, 0.3) is 0 Å². The Morgan fingerprint density at radius 1 is 1.45 bits per heavy atom. The predicted molar refractivity (Wildman–Crippen MR) is 89.9 cm³/mol. The second kappa shape index (κ2) is 5.71. The summed E-state index contributed by atoms with van der Waals surface area (Å²) < 4.78 is 6.39. The van der Waals surface area contributed by atoms with Gasteiger partial charge in [-0.2, -0.15) is 5.10 Å². The van der Waals surface area contributed by atoms with Gasteiger partial charge in [0.05, 0.1) is 12.8 Å². The minimum absolute atomic E-state index is 0.168. The fourth-order valence-corrected chi connectivity index (χ4v) is 5.40. The van der Waals surface area contributed by atoms with E-state index >= 15 is 0 Å². The maximum absolute atomic E-state index is 6.39. The van der Waals surface area contributed by atoms with Gasteiger partial charge in [0, 0.05) is 46.0 Å². The second-order valence-electron chi connectivity index (χ2n) is 6.39. The van der Waals surface area contributed by atoms with Crippen LogP contribution in [0.2, 0.25) is 0 Å². The minimum atomic E-state index is -0.168. The normalized spacial score (nSPS) is 35.5. The van der Waals surface area contributed by atoms with Gasteiger partial charge in [0.2, 0.25) is 0 Å². The van der Waals surface area contributed by atoms with Gasteiger partial charge in [-0.1, -0.05) is 11.6 Å². The Morgan fingerprint density at radius 3 is 3.18 bits per heavy atom. The molecular weight excluding hydrogens is 318 g/mol. The maximum Gasteiger partial charge on any atom is 0.102 e. The number of halogens is 1. The quantitative estimate of drug-likeness (QED) is 0.823. The van der Waals surface area contributed by atoms with Gasteiger partial charge >= 0.3 is 0 Å². The standard InChI is InChI=1S/C16H20ClN3OS/c1-10-5-16(6-14(20-10)12-7-18-19-8-12)15-11(2-3-21-16)4-13(17)9-22-15/h4,7-8,10,14,20H,2-3,5-6,9H2,1H3,(H,18,19)/t10-,14-,16-/m0/s1. The lowest BCUT2D eigenvalue weighted by molar-refractivity contribution is -0.0582. The van der Waals surface area contributed by atoms with Crippen LogP contribution >= 0.6 is 23.4 Å². The number of nitrogens with one attached hydrogen (secondary N) is 2. The number of H-pyrrole nitrogens is 1. The van der Waals surface area contributed by atoms with Gasteiger partial charge in [0.15, 0.2) is 0 Å². The molecule has 1 aromatic heterocycles. The van der Waals surface area contributed by atoms with E-state index < -0.39 is 0 Å². The molecule has 0 saturated carbocycles. The summed E-state index contributed by atoms with van der Waals surface area (Å²) in [6, 6.07) is 0.679. The molecule has 0 aliphatic carbocycles. The fraction of sp³-hybridized carbons (Fsp3) is 0.562. The van der Waals surface area contributed by atoms with Crippen LogP contribution in [0.5, 0.6) is 0 Å². The lowest BCUT2D eigenvalue weighted by Crippen LogP contribution is -2.52. The number of allylic oxidation sites excluding steroid dienone is 1. The first-order chi connectivity index (χ1) is 10.7. The van der Waals surface area contributed by atoms with Crippen molar-refractivity contribution >= 4 is 23.4 Å². The van der Waals surface area contributed by atoms with Crippen molar-refractivity contribution in [2.45, 2.75) is 43.9 Å². The van der Waals surface area contributed by atoms with Crippen molar-refractivity contribution in [1.29, 1.82) is 0 Å². The van der Waals surface area contributed by atoms with Crippen LogP contribution in [0.25, 0.3) is 0 Å². The molecule has 22 heavy (non-hydrogen) atoms. The fourth-order valence-electron chi connectivity index (χ4n) is 3.90. The average Bonchev–Trinajstić information content (AvgIpc) is 3.00. The summed E-state index contributed by atoms with van der Waals surface area (Å²) in [6.07, 6.45) is 8.99. The first-order valence-corrected chi connectivity index (χ1v) is 9.14. The zero-order valence-corrected chi connectivity index (χ0v) is 14.1. The van der Waals surface area contributed by atoms with Crippen LogP contribution in [0, 0.1) is 0 Å². The number of thioether (sulfide) groups is 1. The molecule has 1 spiro atoms. The molecule has 0 amide bonds. The third kappa shape index (κ3) is 2.54. The lowest BCUT2D eigenvalue weighted by Gasteiger charge is -2.48. The number of aromatic nitrogens is 2. The second-order valence-corrected chi connectivity index (χ2v) is 7.86. The van der Waals surface area contributed by atoms with Crippen LogP contribution in [-0.4, -0.2) is 34.2 Å². The molecule has 0 radical (unpaired) electrons. The van der Waals surface area contributed by atoms with Gasteiger partial charge in [-0.15, -0.1) is 11.8 Å². The highest BCUT2D eigenvalue weighted by atomic mass is 35.5. The Bertz CT molecular complexity index is 627. The van der Waals surface area contributed by atoms with Crippen LogP contribution in [0.4, 0.5) is 0 Å². The average molecular weight is 338 g/mol. The highest BCUT2D eigenvalue weighted by molar-refractivity contribution is 8.03. The van der Waals surface area contributed by atoms with Crippen molar-refractivity contribution in [2.24, 2.45) is 0 Å². The van der Waals surface area contributed by atoms with Crippen LogP contribution in [-0.2, 0) is 4.74 Å². The molecule has 6 heteroatoms. The number of piperidine rings is 1. The Balaban J connectivity index is 1.71. The monoisotopic (exact) mass is 337 g/mol. The Labute approximate surface area is 139 Å². The Hall–Kier alpha value is -0.750. The highest BCUT2D eigenvalue weighted by Crippen LogP contribution is 2.50. The van der Waals surface area contributed by atoms with Gasteiger partial charge in [-0.05, 0) is 31.4 Å². The first-order valence-electron chi connectivity index (χ1n) is 7.77.